The highest BCUT2D eigenvalue weighted by atomic mass is 79.9. The van der Waals surface area contributed by atoms with E-state index in [1.165, 1.54) is 17.9 Å². The third-order valence-corrected chi connectivity index (χ3v) is 8.15. The summed E-state index contributed by atoms with van der Waals surface area (Å²) in [5.41, 5.74) is 0.0301. The first-order valence-corrected chi connectivity index (χ1v) is 13.5. The Labute approximate surface area is 228 Å². The van der Waals surface area contributed by atoms with Crippen LogP contribution in [0.4, 0.5) is 13.2 Å². The molecule has 0 spiro atoms. The van der Waals surface area contributed by atoms with Crippen LogP contribution in [0.3, 0.4) is 0 Å². The van der Waals surface area contributed by atoms with Gasteiger partial charge in [0.25, 0.3) is 5.91 Å². The molecule has 0 bridgehead atoms. The summed E-state index contributed by atoms with van der Waals surface area (Å²) in [6.07, 6.45) is -2.83. The number of nitrogens with zero attached hydrogens (tertiary/aromatic N) is 3. The first-order valence-electron chi connectivity index (χ1n) is 12.7. The van der Waals surface area contributed by atoms with E-state index in [2.05, 4.69) is 15.9 Å². The molecule has 3 amide bonds. The Bertz CT molecular complexity index is 1180. The fourth-order valence-electron chi connectivity index (χ4n) is 5.56. The summed E-state index contributed by atoms with van der Waals surface area (Å²) < 4.78 is 40.3. The second-order valence-corrected chi connectivity index (χ2v) is 11.0. The summed E-state index contributed by atoms with van der Waals surface area (Å²) in [4.78, 5) is 43.7. The Balaban J connectivity index is 1.54. The number of halogens is 4. The average Bonchev–Trinajstić information content (AvgIpc) is 2.91. The van der Waals surface area contributed by atoms with Crippen molar-refractivity contribution in [3.63, 3.8) is 0 Å². The number of likely N-dealkylation sites (N-methyl/N-ethyl adjacent to an activating group) is 1. The van der Waals surface area contributed by atoms with Gasteiger partial charge in [0, 0.05) is 68.1 Å². The zero-order chi connectivity index (χ0) is 27.6. The number of amides is 3. The van der Waals surface area contributed by atoms with Crippen molar-refractivity contribution in [3.8, 4) is 0 Å². The van der Waals surface area contributed by atoms with Crippen LogP contribution in [0.1, 0.15) is 53.6 Å². The predicted molar refractivity (Wildman–Crippen MR) is 140 cm³/mol. The van der Waals surface area contributed by atoms with Gasteiger partial charge in [-0.05, 0) is 43.0 Å². The fourth-order valence-corrected chi connectivity index (χ4v) is 6.06. The lowest BCUT2D eigenvalue weighted by atomic mass is 9.83. The van der Waals surface area contributed by atoms with E-state index in [0.717, 1.165) is 17.7 Å². The van der Waals surface area contributed by atoms with Gasteiger partial charge < -0.3 is 14.7 Å². The Hall–Kier alpha value is -2.88. The molecule has 2 aromatic rings. The molecular weight excluding hydrogens is 563 g/mol. The minimum absolute atomic E-state index is 0.0151. The van der Waals surface area contributed by atoms with E-state index < -0.39 is 17.6 Å². The number of hydrogen-bond acceptors (Lipinski definition) is 3. The summed E-state index contributed by atoms with van der Waals surface area (Å²) in [6.45, 7) is 3.52. The molecule has 6 nitrogen and oxygen atoms in total. The van der Waals surface area contributed by atoms with Crippen molar-refractivity contribution in [2.75, 3.05) is 33.2 Å². The molecule has 0 aromatic heterocycles. The monoisotopic (exact) mass is 593 g/mol. The maximum Gasteiger partial charge on any atom is 0.416 e. The molecule has 2 fully saturated rings. The third-order valence-electron chi connectivity index (χ3n) is 7.70. The molecule has 0 aliphatic carbocycles. The fraction of sp³-hybridized carbons (Fsp3) is 0.464. The number of piperidine rings is 2. The van der Waals surface area contributed by atoms with Crippen molar-refractivity contribution in [1.82, 2.24) is 14.7 Å². The highest BCUT2D eigenvalue weighted by molar-refractivity contribution is 9.10. The van der Waals surface area contributed by atoms with Crippen molar-refractivity contribution in [3.05, 3.63) is 69.7 Å². The molecular formula is C28H31BrF3N3O3. The zero-order valence-corrected chi connectivity index (χ0v) is 23.0. The third kappa shape index (κ3) is 6.22. The molecule has 2 heterocycles. The number of carbonyl (C=O) groups excluding carboxylic acids is 3. The van der Waals surface area contributed by atoms with E-state index in [1.807, 2.05) is 35.2 Å². The number of likely N-dealkylation sites (tertiary alicyclic amines) is 2. The molecule has 204 valence electrons. The van der Waals surface area contributed by atoms with Gasteiger partial charge in [-0.15, -0.1) is 0 Å². The van der Waals surface area contributed by atoms with Crippen LogP contribution >= 0.6 is 15.9 Å². The maximum absolute atomic E-state index is 13.4. The van der Waals surface area contributed by atoms with Crippen LogP contribution in [0.25, 0.3) is 0 Å². The minimum Gasteiger partial charge on any atom is -0.343 e. The summed E-state index contributed by atoms with van der Waals surface area (Å²) in [5, 5.41) is 0. The Kier molecular flexibility index (Phi) is 8.49. The Morgan fingerprint density at radius 3 is 2.18 bits per heavy atom. The van der Waals surface area contributed by atoms with Crippen LogP contribution in [0.15, 0.2) is 53.0 Å². The number of benzene rings is 2. The minimum atomic E-state index is -4.57. The zero-order valence-electron chi connectivity index (χ0n) is 21.4. The first kappa shape index (κ1) is 28.1. The molecule has 2 saturated heterocycles. The lowest BCUT2D eigenvalue weighted by Gasteiger charge is -2.44. The molecule has 0 N–H and O–H groups in total. The van der Waals surface area contributed by atoms with E-state index in [1.54, 1.807) is 11.9 Å². The Morgan fingerprint density at radius 2 is 1.58 bits per heavy atom. The molecule has 0 saturated carbocycles. The molecule has 4 rings (SSSR count). The van der Waals surface area contributed by atoms with Crippen LogP contribution in [-0.4, -0.2) is 71.7 Å². The normalized spacial score (nSPS) is 20.8. The summed E-state index contributed by atoms with van der Waals surface area (Å²) >= 11 is 3.10. The number of carbonyl (C=O) groups is 3. The van der Waals surface area contributed by atoms with Gasteiger partial charge in [0.05, 0.1) is 5.56 Å². The second-order valence-electron chi connectivity index (χ2n) is 10.1. The van der Waals surface area contributed by atoms with Crippen molar-refractivity contribution >= 4 is 33.7 Å². The SMILES string of the molecule is CC(=O)N1CCC(C(=O)N2CCC(N(C)C(=O)c3cc(Br)cc(C(F)(F)F)c3)C(c3ccccc3)C2)CC1. The maximum atomic E-state index is 13.4. The highest BCUT2D eigenvalue weighted by Crippen LogP contribution is 2.35. The summed E-state index contributed by atoms with van der Waals surface area (Å²) in [6, 6.07) is 12.5. The molecule has 2 aromatic carbocycles. The molecule has 2 aliphatic heterocycles. The number of hydrogen-bond donors (Lipinski definition) is 0. The van der Waals surface area contributed by atoms with Gasteiger partial charge in [0.15, 0.2) is 0 Å². The van der Waals surface area contributed by atoms with Crippen LogP contribution in [-0.2, 0) is 15.8 Å². The van der Waals surface area contributed by atoms with Gasteiger partial charge in [0.2, 0.25) is 11.8 Å². The van der Waals surface area contributed by atoms with E-state index in [9.17, 15) is 27.6 Å². The number of alkyl halides is 3. The molecule has 38 heavy (non-hydrogen) atoms. The lowest BCUT2D eigenvalue weighted by Crippen LogP contribution is -2.53. The van der Waals surface area contributed by atoms with Gasteiger partial charge >= 0.3 is 6.18 Å². The van der Waals surface area contributed by atoms with Crippen molar-refractivity contribution in [2.45, 2.75) is 44.3 Å². The van der Waals surface area contributed by atoms with Crippen molar-refractivity contribution in [2.24, 2.45) is 5.92 Å². The molecule has 10 heteroatoms. The predicted octanol–water partition coefficient (Wildman–Crippen LogP) is 5.18. The van der Waals surface area contributed by atoms with Crippen LogP contribution in [0.5, 0.6) is 0 Å². The number of rotatable bonds is 4. The molecule has 2 aliphatic rings. The van der Waals surface area contributed by atoms with Crippen LogP contribution in [0.2, 0.25) is 0 Å². The quantitative estimate of drug-likeness (QED) is 0.490. The molecule has 2 atom stereocenters. The molecule has 0 radical (unpaired) electrons. The second kappa shape index (κ2) is 11.5. The van der Waals surface area contributed by atoms with Crippen LogP contribution in [0, 0.1) is 5.92 Å². The largest absolute Gasteiger partial charge is 0.416 e. The van der Waals surface area contributed by atoms with E-state index in [0.29, 0.717) is 45.4 Å². The molecule has 2 unspecified atom stereocenters. The highest BCUT2D eigenvalue weighted by Gasteiger charge is 2.39. The topological polar surface area (TPSA) is 60.9 Å². The van der Waals surface area contributed by atoms with E-state index in [4.69, 9.17) is 0 Å². The van der Waals surface area contributed by atoms with Gasteiger partial charge in [-0.2, -0.15) is 13.2 Å². The average molecular weight is 594 g/mol. The van der Waals surface area contributed by atoms with Crippen molar-refractivity contribution < 1.29 is 27.6 Å². The van der Waals surface area contributed by atoms with Crippen LogP contribution < -0.4 is 0 Å². The van der Waals surface area contributed by atoms with Crippen molar-refractivity contribution in [1.29, 1.82) is 0 Å². The standard InChI is InChI=1S/C28H31BrF3N3O3/c1-18(36)34-11-8-20(9-12-34)27(38)35-13-10-25(24(17-35)19-6-4-3-5-7-19)33(2)26(37)21-14-22(28(30,31)32)16-23(29)15-21/h3-7,14-16,20,24-25H,8-13,17H2,1-2H3. The van der Waals surface area contributed by atoms with Gasteiger partial charge in [-0.25, -0.2) is 0 Å². The summed E-state index contributed by atoms with van der Waals surface area (Å²) in [5.74, 6) is -0.779. The van der Waals surface area contributed by atoms with E-state index >= 15 is 0 Å². The van der Waals surface area contributed by atoms with Gasteiger partial charge in [-0.3, -0.25) is 14.4 Å². The van der Waals surface area contributed by atoms with Gasteiger partial charge in [0.1, 0.15) is 0 Å². The smallest absolute Gasteiger partial charge is 0.343 e. The summed E-state index contributed by atoms with van der Waals surface area (Å²) in [7, 11) is 1.62. The lowest BCUT2D eigenvalue weighted by molar-refractivity contribution is -0.141. The first-order chi connectivity index (χ1) is 18.0. The Morgan fingerprint density at radius 1 is 0.947 bits per heavy atom. The van der Waals surface area contributed by atoms with Gasteiger partial charge in [-0.1, -0.05) is 46.3 Å². The van der Waals surface area contributed by atoms with E-state index in [-0.39, 0.29) is 39.7 Å².